The molecule has 102 valence electrons. The van der Waals surface area contributed by atoms with Gasteiger partial charge in [-0.05, 0) is 6.07 Å². The summed E-state index contributed by atoms with van der Waals surface area (Å²) in [6, 6.07) is 3.52. The van der Waals surface area contributed by atoms with Gasteiger partial charge in [0.05, 0.1) is 0 Å². The highest BCUT2D eigenvalue weighted by molar-refractivity contribution is 5.97. The van der Waals surface area contributed by atoms with Crippen molar-refractivity contribution in [2.24, 2.45) is 0 Å². The second-order valence-corrected chi connectivity index (χ2v) is 3.67. The summed E-state index contributed by atoms with van der Waals surface area (Å²) in [4.78, 5) is 21.4. The zero-order valence-electron chi connectivity index (χ0n) is 11.0. The summed E-state index contributed by atoms with van der Waals surface area (Å²) < 4.78 is 0. The van der Waals surface area contributed by atoms with Crippen LogP contribution in [0.25, 0.3) is 0 Å². The molecule has 0 saturated carbocycles. The van der Waals surface area contributed by atoms with Gasteiger partial charge >= 0.3 is 0 Å². The van der Waals surface area contributed by atoms with Crippen LogP contribution in [0.1, 0.15) is 0 Å². The number of nitrogens with one attached hydrogen (secondary N) is 1. The van der Waals surface area contributed by atoms with E-state index in [0.717, 1.165) is 0 Å². The maximum atomic E-state index is 12.1. The molecule has 1 aromatic rings. The Morgan fingerprint density at radius 2 is 1.95 bits per heavy atom. The standard InChI is InChI=1S/C14H15N5O/c1-3-8-19(9-4-2)13(20)12(10-15)11-18-14-16-6-5-7-17-14/h3-7,11H,1-2,8-9H2,(H,16,17,18)/b12-11-. The predicted molar refractivity (Wildman–Crippen MR) is 76.3 cm³/mol. The molecule has 0 bridgehead atoms. The molecule has 20 heavy (non-hydrogen) atoms. The van der Waals surface area contributed by atoms with E-state index in [4.69, 9.17) is 5.26 Å². The van der Waals surface area contributed by atoms with Crippen LogP contribution in [0.3, 0.4) is 0 Å². The molecule has 6 heteroatoms. The van der Waals surface area contributed by atoms with Gasteiger partial charge in [0.25, 0.3) is 5.91 Å². The van der Waals surface area contributed by atoms with E-state index in [0.29, 0.717) is 19.0 Å². The van der Waals surface area contributed by atoms with E-state index in [1.807, 2.05) is 6.07 Å². The molecule has 0 saturated heterocycles. The van der Waals surface area contributed by atoms with Crippen LogP contribution in [-0.2, 0) is 4.79 Å². The molecule has 1 heterocycles. The number of hydrogen-bond donors (Lipinski definition) is 1. The molecule has 0 aliphatic rings. The van der Waals surface area contributed by atoms with Crippen LogP contribution in [-0.4, -0.2) is 33.9 Å². The van der Waals surface area contributed by atoms with Crippen LogP contribution in [0.2, 0.25) is 0 Å². The molecule has 0 radical (unpaired) electrons. The van der Waals surface area contributed by atoms with Gasteiger partial charge in [-0.2, -0.15) is 5.26 Å². The summed E-state index contributed by atoms with van der Waals surface area (Å²) in [5.74, 6) is -0.0947. The lowest BCUT2D eigenvalue weighted by Gasteiger charge is -2.18. The van der Waals surface area contributed by atoms with Crippen LogP contribution in [0.4, 0.5) is 5.95 Å². The molecule has 0 aromatic carbocycles. The fourth-order valence-electron chi connectivity index (χ4n) is 1.37. The number of carbonyl (C=O) groups excluding carboxylic acids is 1. The van der Waals surface area contributed by atoms with Gasteiger partial charge in [0.2, 0.25) is 5.95 Å². The number of carbonyl (C=O) groups is 1. The Morgan fingerprint density at radius 1 is 1.35 bits per heavy atom. The van der Waals surface area contributed by atoms with Gasteiger partial charge in [-0.1, -0.05) is 12.2 Å². The number of nitriles is 1. The molecular weight excluding hydrogens is 254 g/mol. The van der Waals surface area contributed by atoms with Crippen molar-refractivity contribution in [1.29, 1.82) is 5.26 Å². The third-order valence-corrected chi connectivity index (χ3v) is 2.25. The number of aromatic nitrogens is 2. The lowest BCUT2D eigenvalue weighted by molar-refractivity contribution is -0.125. The van der Waals surface area contributed by atoms with Crippen LogP contribution in [0, 0.1) is 11.3 Å². The molecule has 0 atom stereocenters. The van der Waals surface area contributed by atoms with Gasteiger partial charge in [0.15, 0.2) is 0 Å². The highest BCUT2D eigenvalue weighted by atomic mass is 16.2. The Bertz CT molecular complexity index is 534. The minimum Gasteiger partial charge on any atom is -0.331 e. The molecular formula is C14H15N5O. The summed E-state index contributed by atoms with van der Waals surface area (Å²) in [5, 5.41) is 11.8. The second-order valence-electron chi connectivity index (χ2n) is 3.67. The van der Waals surface area contributed by atoms with Crippen LogP contribution >= 0.6 is 0 Å². The van der Waals surface area contributed by atoms with Crippen molar-refractivity contribution in [3.63, 3.8) is 0 Å². The first kappa shape index (κ1) is 15.1. The van der Waals surface area contributed by atoms with Gasteiger partial charge in [-0.25, -0.2) is 9.97 Å². The first-order chi connectivity index (χ1) is 9.72. The van der Waals surface area contributed by atoms with Crippen molar-refractivity contribution >= 4 is 11.9 Å². The Morgan fingerprint density at radius 3 is 2.45 bits per heavy atom. The van der Waals surface area contributed by atoms with Crippen molar-refractivity contribution < 1.29 is 4.79 Å². The maximum Gasteiger partial charge on any atom is 0.266 e. The van der Waals surface area contributed by atoms with Crippen LogP contribution < -0.4 is 5.32 Å². The van der Waals surface area contributed by atoms with Gasteiger partial charge in [-0.15, -0.1) is 13.2 Å². The summed E-state index contributed by atoms with van der Waals surface area (Å²) in [6.07, 6.45) is 7.57. The zero-order valence-corrected chi connectivity index (χ0v) is 11.0. The average molecular weight is 269 g/mol. The van der Waals surface area contributed by atoms with E-state index in [-0.39, 0.29) is 5.57 Å². The average Bonchev–Trinajstić information content (AvgIpc) is 2.48. The molecule has 0 spiro atoms. The first-order valence-electron chi connectivity index (χ1n) is 5.87. The Balaban J connectivity index is 2.83. The highest BCUT2D eigenvalue weighted by Crippen LogP contribution is 2.03. The lowest BCUT2D eigenvalue weighted by atomic mass is 10.2. The normalized spacial score (nSPS) is 10.2. The smallest absolute Gasteiger partial charge is 0.266 e. The van der Waals surface area contributed by atoms with E-state index in [9.17, 15) is 4.79 Å². The molecule has 1 rings (SSSR count). The van der Waals surface area contributed by atoms with Crippen molar-refractivity contribution in [1.82, 2.24) is 14.9 Å². The molecule has 1 N–H and O–H groups in total. The van der Waals surface area contributed by atoms with Gasteiger partial charge in [0, 0.05) is 31.7 Å². The van der Waals surface area contributed by atoms with Gasteiger partial charge in [-0.3, -0.25) is 4.79 Å². The Hall–Kier alpha value is -2.94. The van der Waals surface area contributed by atoms with E-state index < -0.39 is 5.91 Å². The summed E-state index contributed by atoms with van der Waals surface area (Å²) in [7, 11) is 0. The monoisotopic (exact) mass is 269 g/mol. The third kappa shape index (κ3) is 4.38. The first-order valence-corrected chi connectivity index (χ1v) is 5.87. The fourth-order valence-corrected chi connectivity index (χ4v) is 1.37. The van der Waals surface area contributed by atoms with Crippen molar-refractivity contribution in [2.75, 3.05) is 18.4 Å². The quantitative estimate of drug-likeness (QED) is 0.461. The molecule has 0 aliphatic carbocycles. The molecule has 0 fully saturated rings. The van der Waals surface area contributed by atoms with Crippen molar-refractivity contribution in [3.8, 4) is 6.07 Å². The SMILES string of the molecule is C=CCN(CC=C)C(=O)/C(C#N)=C\Nc1ncccn1. The topological polar surface area (TPSA) is 81.9 Å². The fraction of sp³-hybridized carbons (Fsp3) is 0.143. The van der Waals surface area contributed by atoms with Crippen LogP contribution in [0.5, 0.6) is 0 Å². The number of hydrogen-bond acceptors (Lipinski definition) is 5. The van der Waals surface area contributed by atoms with Gasteiger partial charge in [0.1, 0.15) is 11.6 Å². The number of anilines is 1. The molecule has 6 nitrogen and oxygen atoms in total. The van der Waals surface area contributed by atoms with E-state index in [1.165, 1.54) is 11.1 Å². The van der Waals surface area contributed by atoms with Crippen molar-refractivity contribution in [3.05, 3.63) is 55.5 Å². The molecule has 1 aromatic heterocycles. The minimum absolute atomic E-state index is 0.0406. The molecule has 0 unspecified atom stereocenters. The van der Waals surface area contributed by atoms with Crippen molar-refractivity contribution in [2.45, 2.75) is 0 Å². The summed E-state index contributed by atoms with van der Waals surface area (Å²) >= 11 is 0. The summed E-state index contributed by atoms with van der Waals surface area (Å²) in [5.41, 5.74) is -0.0406. The second kappa shape index (κ2) is 8.21. The highest BCUT2D eigenvalue weighted by Gasteiger charge is 2.16. The molecule has 0 aliphatic heterocycles. The van der Waals surface area contributed by atoms with E-state index >= 15 is 0 Å². The molecule has 1 amide bonds. The minimum atomic E-state index is -0.407. The predicted octanol–water partition coefficient (Wildman–Crippen LogP) is 1.50. The van der Waals surface area contributed by atoms with E-state index in [1.54, 1.807) is 30.6 Å². The largest absolute Gasteiger partial charge is 0.331 e. The number of rotatable bonds is 7. The number of amides is 1. The lowest BCUT2D eigenvalue weighted by Crippen LogP contribution is -2.32. The summed E-state index contributed by atoms with van der Waals surface area (Å²) in [6.45, 7) is 7.83. The number of nitrogens with zero attached hydrogens (tertiary/aromatic N) is 4. The maximum absolute atomic E-state index is 12.1. The Kier molecular flexibility index (Phi) is 6.21. The van der Waals surface area contributed by atoms with Gasteiger partial charge < -0.3 is 10.2 Å². The van der Waals surface area contributed by atoms with Crippen LogP contribution in [0.15, 0.2) is 55.5 Å². The third-order valence-electron chi connectivity index (χ3n) is 2.25. The Labute approximate surface area is 117 Å². The van der Waals surface area contributed by atoms with E-state index in [2.05, 4.69) is 28.4 Å². The zero-order chi connectivity index (χ0) is 14.8.